The number of aryl methyl sites for hydroxylation is 1. The molecule has 0 amide bonds. The van der Waals surface area contributed by atoms with Crippen molar-refractivity contribution in [2.75, 3.05) is 27.2 Å². The average molecular weight is 248 g/mol. The number of benzene rings is 1. The highest BCUT2D eigenvalue weighted by molar-refractivity contribution is 5.38. The molecule has 1 heterocycles. The van der Waals surface area contributed by atoms with Crippen LogP contribution in [0, 0.1) is 6.92 Å². The van der Waals surface area contributed by atoms with E-state index in [1.165, 1.54) is 17.5 Å². The molecular formula is C15H24N2O. The maximum atomic E-state index is 6.56. The lowest BCUT2D eigenvalue weighted by Gasteiger charge is -2.39. The van der Waals surface area contributed by atoms with E-state index in [0.29, 0.717) is 0 Å². The van der Waals surface area contributed by atoms with E-state index in [9.17, 15) is 0 Å². The van der Waals surface area contributed by atoms with E-state index in [2.05, 4.69) is 31.0 Å². The van der Waals surface area contributed by atoms with Gasteiger partial charge in [-0.3, -0.25) is 0 Å². The van der Waals surface area contributed by atoms with Gasteiger partial charge in [0.25, 0.3) is 0 Å². The molecule has 3 heteroatoms. The van der Waals surface area contributed by atoms with Crippen molar-refractivity contribution in [1.82, 2.24) is 4.90 Å². The van der Waals surface area contributed by atoms with Crippen LogP contribution >= 0.6 is 0 Å². The first-order chi connectivity index (χ1) is 8.52. The van der Waals surface area contributed by atoms with Crippen LogP contribution in [0.1, 0.15) is 24.0 Å². The third-order valence-corrected chi connectivity index (χ3v) is 3.78. The van der Waals surface area contributed by atoms with Crippen LogP contribution in [0.25, 0.3) is 0 Å². The normalized spacial score (nSPS) is 25.1. The van der Waals surface area contributed by atoms with Crippen LogP contribution in [-0.4, -0.2) is 37.7 Å². The highest BCUT2D eigenvalue weighted by Gasteiger charge is 2.31. The molecule has 1 aromatic rings. The van der Waals surface area contributed by atoms with Gasteiger partial charge in [-0.25, -0.2) is 0 Å². The number of nitrogens with zero attached hydrogens (tertiary/aromatic N) is 1. The Morgan fingerprint density at radius 3 is 2.89 bits per heavy atom. The number of hydrogen-bond acceptors (Lipinski definition) is 3. The standard InChI is InChI=1S/C15H24N2O/c1-12-5-6-14(18-3)13(9-12)10-15(16)7-4-8-17(2)11-15/h5-6,9H,4,7-8,10-11,16H2,1-3H3. The Bertz CT molecular complexity index is 419. The van der Waals surface area contributed by atoms with Gasteiger partial charge in [-0.15, -0.1) is 0 Å². The number of likely N-dealkylation sites (N-methyl/N-ethyl adjacent to an activating group) is 1. The Kier molecular flexibility index (Phi) is 3.93. The molecule has 3 nitrogen and oxygen atoms in total. The Morgan fingerprint density at radius 1 is 1.44 bits per heavy atom. The number of likely N-dealkylation sites (tertiary alicyclic amines) is 1. The zero-order valence-electron chi connectivity index (χ0n) is 11.7. The van der Waals surface area contributed by atoms with Crippen molar-refractivity contribution in [1.29, 1.82) is 0 Å². The van der Waals surface area contributed by atoms with Crippen molar-refractivity contribution in [2.24, 2.45) is 5.73 Å². The molecule has 0 saturated carbocycles. The van der Waals surface area contributed by atoms with Crippen LogP contribution in [0.4, 0.5) is 0 Å². The largest absolute Gasteiger partial charge is 0.496 e. The molecule has 18 heavy (non-hydrogen) atoms. The lowest BCUT2D eigenvalue weighted by molar-refractivity contribution is 0.177. The van der Waals surface area contributed by atoms with E-state index in [-0.39, 0.29) is 5.54 Å². The van der Waals surface area contributed by atoms with Gasteiger partial charge in [0.1, 0.15) is 5.75 Å². The average Bonchev–Trinajstić information content (AvgIpc) is 2.28. The molecule has 0 aliphatic carbocycles. The molecule has 0 spiro atoms. The minimum atomic E-state index is -0.117. The molecule has 1 saturated heterocycles. The molecule has 1 aliphatic heterocycles. The number of nitrogens with two attached hydrogens (primary N) is 1. The third-order valence-electron chi connectivity index (χ3n) is 3.78. The molecule has 1 fully saturated rings. The number of piperidine rings is 1. The third kappa shape index (κ3) is 3.03. The van der Waals surface area contributed by atoms with Gasteiger partial charge in [0.15, 0.2) is 0 Å². The second-order valence-corrected chi connectivity index (χ2v) is 5.70. The minimum absolute atomic E-state index is 0.117. The highest BCUT2D eigenvalue weighted by Crippen LogP contribution is 2.28. The Hall–Kier alpha value is -1.06. The van der Waals surface area contributed by atoms with Crippen molar-refractivity contribution in [3.8, 4) is 5.75 Å². The number of rotatable bonds is 3. The monoisotopic (exact) mass is 248 g/mol. The summed E-state index contributed by atoms with van der Waals surface area (Å²) in [5.41, 5.74) is 8.94. The van der Waals surface area contributed by atoms with E-state index in [0.717, 1.165) is 31.7 Å². The maximum absolute atomic E-state index is 6.56. The van der Waals surface area contributed by atoms with E-state index in [4.69, 9.17) is 10.5 Å². The summed E-state index contributed by atoms with van der Waals surface area (Å²) in [5, 5.41) is 0. The summed E-state index contributed by atoms with van der Waals surface area (Å²) < 4.78 is 5.44. The second-order valence-electron chi connectivity index (χ2n) is 5.70. The van der Waals surface area contributed by atoms with Gasteiger partial charge in [0.2, 0.25) is 0 Å². The summed E-state index contributed by atoms with van der Waals surface area (Å²) in [4.78, 5) is 2.33. The van der Waals surface area contributed by atoms with Gasteiger partial charge in [0.05, 0.1) is 7.11 Å². The quantitative estimate of drug-likeness (QED) is 0.889. The zero-order chi connectivity index (χ0) is 13.2. The molecule has 100 valence electrons. The van der Waals surface area contributed by atoms with Gasteiger partial charge >= 0.3 is 0 Å². The SMILES string of the molecule is COc1ccc(C)cc1CC1(N)CCCN(C)C1. The smallest absolute Gasteiger partial charge is 0.122 e. The van der Waals surface area contributed by atoms with Gasteiger partial charge in [0, 0.05) is 12.1 Å². The van der Waals surface area contributed by atoms with Crippen LogP contribution in [0.2, 0.25) is 0 Å². The topological polar surface area (TPSA) is 38.5 Å². The van der Waals surface area contributed by atoms with E-state index >= 15 is 0 Å². The molecule has 1 atom stereocenters. The van der Waals surface area contributed by atoms with Crippen LogP contribution < -0.4 is 10.5 Å². The van der Waals surface area contributed by atoms with Crippen molar-refractivity contribution in [3.63, 3.8) is 0 Å². The summed E-state index contributed by atoms with van der Waals surface area (Å²) in [5.74, 6) is 0.957. The fourth-order valence-corrected chi connectivity index (χ4v) is 2.97. The molecule has 0 bridgehead atoms. The van der Waals surface area contributed by atoms with Crippen molar-refractivity contribution in [2.45, 2.75) is 31.7 Å². The Morgan fingerprint density at radius 2 is 2.22 bits per heavy atom. The van der Waals surface area contributed by atoms with Crippen LogP contribution in [0.5, 0.6) is 5.75 Å². The molecule has 1 aliphatic rings. The summed E-state index contributed by atoms with van der Waals surface area (Å²) >= 11 is 0. The van der Waals surface area contributed by atoms with Crippen molar-refractivity contribution >= 4 is 0 Å². The molecule has 2 rings (SSSR count). The highest BCUT2D eigenvalue weighted by atomic mass is 16.5. The van der Waals surface area contributed by atoms with Crippen molar-refractivity contribution < 1.29 is 4.74 Å². The van der Waals surface area contributed by atoms with Crippen LogP contribution in [0.15, 0.2) is 18.2 Å². The Labute approximate surface area is 110 Å². The summed E-state index contributed by atoms with van der Waals surface area (Å²) in [7, 11) is 3.87. The molecule has 1 aromatic carbocycles. The van der Waals surface area contributed by atoms with Gasteiger partial charge < -0.3 is 15.4 Å². The van der Waals surface area contributed by atoms with E-state index < -0.39 is 0 Å². The predicted octanol–water partition coefficient (Wildman–Crippen LogP) is 1.97. The van der Waals surface area contributed by atoms with Gasteiger partial charge in [-0.05, 0) is 51.4 Å². The van der Waals surface area contributed by atoms with Crippen LogP contribution in [0.3, 0.4) is 0 Å². The summed E-state index contributed by atoms with van der Waals surface area (Å²) in [6.07, 6.45) is 3.16. The molecular weight excluding hydrogens is 224 g/mol. The lowest BCUT2D eigenvalue weighted by Crippen LogP contribution is -2.54. The lowest BCUT2D eigenvalue weighted by atomic mass is 9.84. The summed E-state index contributed by atoms with van der Waals surface area (Å²) in [6, 6.07) is 6.32. The Balaban J connectivity index is 2.19. The number of hydrogen-bond donors (Lipinski definition) is 1. The van der Waals surface area contributed by atoms with Gasteiger partial charge in [-0.2, -0.15) is 0 Å². The summed E-state index contributed by atoms with van der Waals surface area (Å²) in [6.45, 7) is 4.23. The molecule has 2 N–H and O–H groups in total. The second kappa shape index (κ2) is 5.29. The minimum Gasteiger partial charge on any atom is -0.496 e. The fraction of sp³-hybridized carbons (Fsp3) is 0.600. The fourth-order valence-electron chi connectivity index (χ4n) is 2.97. The molecule has 0 aromatic heterocycles. The number of methoxy groups -OCH3 is 1. The maximum Gasteiger partial charge on any atom is 0.122 e. The molecule has 0 radical (unpaired) electrons. The van der Waals surface area contributed by atoms with Crippen molar-refractivity contribution in [3.05, 3.63) is 29.3 Å². The molecule has 1 unspecified atom stereocenters. The number of ether oxygens (including phenoxy) is 1. The first-order valence-corrected chi connectivity index (χ1v) is 6.63. The van der Waals surface area contributed by atoms with E-state index in [1.54, 1.807) is 7.11 Å². The first kappa shape index (κ1) is 13.4. The van der Waals surface area contributed by atoms with Crippen LogP contribution in [-0.2, 0) is 6.42 Å². The zero-order valence-corrected chi connectivity index (χ0v) is 11.7. The predicted molar refractivity (Wildman–Crippen MR) is 75.1 cm³/mol. The van der Waals surface area contributed by atoms with Gasteiger partial charge in [-0.1, -0.05) is 17.7 Å². The first-order valence-electron chi connectivity index (χ1n) is 6.63. The van der Waals surface area contributed by atoms with E-state index in [1.807, 2.05) is 6.07 Å².